The van der Waals surface area contributed by atoms with Crippen LogP contribution < -0.4 is 0 Å². The highest BCUT2D eigenvalue weighted by molar-refractivity contribution is 6.31. The van der Waals surface area contributed by atoms with Gasteiger partial charge in [0.2, 0.25) is 5.91 Å². The van der Waals surface area contributed by atoms with Gasteiger partial charge in [-0.15, -0.1) is 0 Å². The lowest BCUT2D eigenvalue weighted by Gasteiger charge is -2.22. The first-order valence-corrected chi connectivity index (χ1v) is 7.62. The summed E-state index contributed by atoms with van der Waals surface area (Å²) in [7, 11) is 0. The van der Waals surface area contributed by atoms with Crippen molar-refractivity contribution in [3.05, 3.63) is 46.8 Å². The summed E-state index contributed by atoms with van der Waals surface area (Å²) in [5.41, 5.74) is -0.688. The van der Waals surface area contributed by atoms with Crippen molar-refractivity contribution >= 4 is 23.5 Å². The van der Waals surface area contributed by atoms with Gasteiger partial charge in [0.25, 0.3) is 0 Å². The first-order valence-electron chi connectivity index (χ1n) is 7.24. The largest absolute Gasteiger partial charge is 0.481 e. The van der Waals surface area contributed by atoms with E-state index in [1.165, 1.54) is 17.0 Å². The number of halogens is 2. The van der Waals surface area contributed by atoms with E-state index in [0.29, 0.717) is 0 Å². The molecule has 1 aromatic rings. The third kappa shape index (κ3) is 1.95. The lowest BCUT2D eigenvalue weighted by atomic mass is 9.77. The smallest absolute Gasteiger partial charge is 0.310 e. The molecule has 0 radical (unpaired) electrons. The van der Waals surface area contributed by atoms with Crippen LogP contribution in [0.15, 0.2) is 30.4 Å². The Bertz CT molecular complexity index is 731. The zero-order valence-electron chi connectivity index (χ0n) is 11.9. The Morgan fingerprint density at radius 1 is 1.52 bits per heavy atom. The molecule has 1 amide bonds. The molecule has 2 fully saturated rings. The normalized spacial score (nSPS) is 34.3. The molecule has 4 atom stereocenters. The second kappa shape index (κ2) is 4.79. The number of rotatable bonds is 3. The Labute approximate surface area is 136 Å². The minimum absolute atomic E-state index is 0.00318. The van der Waals surface area contributed by atoms with Gasteiger partial charge >= 0.3 is 5.97 Å². The van der Waals surface area contributed by atoms with E-state index in [9.17, 15) is 19.1 Å². The van der Waals surface area contributed by atoms with E-state index in [4.69, 9.17) is 16.3 Å². The van der Waals surface area contributed by atoms with Gasteiger partial charge < -0.3 is 14.7 Å². The molecule has 0 aromatic heterocycles. The minimum atomic E-state index is -1.05. The SMILES string of the molecule is O=C(O)[C@@H]1[C@H]2C=C[C@]3(CN(Cc4c(F)cccc4Cl)C(=O)[C@@H]13)O2. The molecule has 2 bridgehead atoms. The molecular formula is C16H13ClFNO4. The summed E-state index contributed by atoms with van der Waals surface area (Å²) in [5.74, 6) is -3.53. The van der Waals surface area contributed by atoms with Gasteiger partial charge in [0.05, 0.1) is 25.1 Å². The Hall–Kier alpha value is -1.92. The molecule has 0 aliphatic carbocycles. The fourth-order valence-electron chi connectivity index (χ4n) is 3.87. The van der Waals surface area contributed by atoms with Crippen LogP contribution in [-0.2, 0) is 20.9 Å². The van der Waals surface area contributed by atoms with Crippen molar-refractivity contribution in [1.29, 1.82) is 0 Å². The third-order valence-corrected chi connectivity index (χ3v) is 5.23. The predicted molar refractivity (Wildman–Crippen MR) is 78.2 cm³/mol. The van der Waals surface area contributed by atoms with E-state index in [0.717, 1.165) is 0 Å². The van der Waals surface area contributed by atoms with Crippen molar-refractivity contribution in [3.8, 4) is 0 Å². The number of carbonyl (C=O) groups is 2. The molecular weight excluding hydrogens is 325 g/mol. The number of hydrogen-bond acceptors (Lipinski definition) is 3. The maximum absolute atomic E-state index is 13.9. The van der Waals surface area contributed by atoms with Crippen LogP contribution in [0.2, 0.25) is 5.02 Å². The summed E-state index contributed by atoms with van der Waals surface area (Å²) in [6, 6.07) is 4.33. The number of likely N-dealkylation sites (tertiary alicyclic amines) is 1. The zero-order chi connectivity index (χ0) is 16.4. The molecule has 23 heavy (non-hydrogen) atoms. The average molecular weight is 338 g/mol. The number of amides is 1. The number of nitrogens with zero attached hydrogens (tertiary/aromatic N) is 1. The standard InChI is InChI=1S/C16H13ClFNO4/c17-9-2-1-3-10(18)8(9)6-19-7-16-5-4-11(23-16)12(15(21)22)13(16)14(19)20/h1-5,11-13H,6-7H2,(H,21,22)/t11-,12-,13-,16-/m1/s1. The summed E-state index contributed by atoms with van der Waals surface area (Å²) >= 11 is 6.01. The molecule has 3 aliphatic rings. The van der Waals surface area contributed by atoms with E-state index >= 15 is 0 Å². The number of ether oxygens (including phenoxy) is 1. The van der Waals surface area contributed by atoms with Crippen LogP contribution in [0.1, 0.15) is 5.56 Å². The third-order valence-electron chi connectivity index (χ3n) is 4.87. The van der Waals surface area contributed by atoms with Gasteiger partial charge in [-0.05, 0) is 12.1 Å². The van der Waals surface area contributed by atoms with Crippen LogP contribution in [0, 0.1) is 17.7 Å². The van der Waals surface area contributed by atoms with E-state index in [-0.39, 0.29) is 29.6 Å². The summed E-state index contributed by atoms with van der Waals surface area (Å²) in [4.78, 5) is 25.6. The van der Waals surface area contributed by atoms with Crippen molar-refractivity contribution in [3.63, 3.8) is 0 Å². The molecule has 4 rings (SSSR count). The molecule has 120 valence electrons. The Kier molecular flexibility index (Phi) is 3.05. The quantitative estimate of drug-likeness (QED) is 0.855. The van der Waals surface area contributed by atoms with Crippen molar-refractivity contribution in [2.75, 3.05) is 6.54 Å². The van der Waals surface area contributed by atoms with Gasteiger partial charge in [-0.1, -0.05) is 29.8 Å². The molecule has 5 nitrogen and oxygen atoms in total. The van der Waals surface area contributed by atoms with Gasteiger partial charge in [0.1, 0.15) is 17.3 Å². The van der Waals surface area contributed by atoms with E-state index in [1.807, 2.05) is 0 Å². The molecule has 1 N–H and O–H groups in total. The van der Waals surface area contributed by atoms with Crippen LogP contribution >= 0.6 is 11.6 Å². The Morgan fingerprint density at radius 3 is 3.00 bits per heavy atom. The van der Waals surface area contributed by atoms with Crippen molar-refractivity contribution in [1.82, 2.24) is 4.90 Å². The molecule has 0 unspecified atom stereocenters. The maximum atomic E-state index is 13.9. The number of aliphatic carboxylic acids is 1. The number of carboxylic acids is 1. The summed E-state index contributed by atoms with van der Waals surface area (Å²) in [6.45, 7) is 0.203. The fraction of sp³-hybridized carbons (Fsp3) is 0.375. The summed E-state index contributed by atoms with van der Waals surface area (Å²) in [5, 5.41) is 9.63. The van der Waals surface area contributed by atoms with Crippen LogP contribution in [0.3, 0.4) is 0 Å². The number of carbonyl (C=O) groups excluding carboxylic acids is 1. The number of fused-ring (bicyclic) bond motifs is 1. The highest BCUT2D eigenvalue weighted by Crippen LogP contribution is 2.52. The van der Waals surface area contributed by atoms with Gasteiger partial charge in [-0.2, -0.15) is 0 Å². The highest BCUT2D eigenvalue weighted by atomic mass is 35.5. The van der Waals surface area contributed by atoms with Crippen LogP contribution in [-0.4, -0.2) is 40.1 Å². The van der Waals surface area contributed by atoms with Gasteiger partial charge in [-0.3, -0.25) is 9.59 Å². The molecule has 2 saturated heterocycles. The zero-order valence-corrected chi connectivity index (χ0v) is 12.7. The van der Waals surface area contributed by atoms with E-state index in [2.05, 4.69) is 0 Å². The first-order chi connectivity index (χ1) is 10.9. The minimum Gasteiger partial charge on any atom is -0.481 e. The maximum Gasteiger partial charge on any atom is 0.310 e. The average Bonchev–Trinajstić information content (AvgIpc) is 3.12. The molecule has 1 aromatic carbocycles. The van der Waals surface area contributed by atoms with Gasteiger partial charge in [-0.25, -0.2) is 4.39 Å². The second-order valence-corrected chi connectivity index (χ2v) is 6.54. The topological polar surface area (TPSA) is 66.8 Å². The van der Waals surface area contributed by atoms with Gasteiger partial charge in [0.15, 0.2) is 0 Å². The van der Waals surface area contributed by atoms with Gasteiger partial charge in [0, 0.05) is 10.6 Å². The Morgan fingerprint density at radius 2 is 2.30 bits per heavy atom. The first kappa shape index (κ1) is 14.7. The monoisotopic (exact) mass is 337 g/mol. The molecule has 3 heterocycles. The lowest BCUT2D eigenvalue weighted by molar-refractivity contribution is -0.148. The predicted octanol–water partition coefficient (Wildman–Crippen LogP) is 1.85. The molecule has 1 spiro atoms. The number of hydrogen-bond donors (Lipinski definition) is 1. The van der Waals surface area contributed by atoms with Crippen molar-refractivity contribution in [2.45, 2.75) is 18.2 Å². The summed E-state index contributed by atoms with van der Waals surface area (Å²) in [6.07, 6.45) is 2.89. The van der Waals surface area contributed by atoms with Crippen molar-refractivity contribution < 1.29 is 23.8 Å². The molecule has 0 saturated carbocycles. The second-order valence-electron chi connectivity index (χ2n) is 6.13. The van der Waals surface area contributed by atoms with Crippen LogP contribution in [0.4, 0.5) is 4.39 Å². The molecule has 3 aliphatic heterocycles. The Balaban J connectivity index is 1.66. The molecule has 7 heteroatoms. The fourth-order valence-corrected chi connectivity index (χ4v) is 4.09. The summed E-state index contributed by atoms with van der Waals surface area (Å²) < 4.78 is 19.7. The van der Waals surface area contributed by atoms with E-state index in [1.54, 1.807) is 18.2 Å². The number of benzene rings is 1. The highest BCUT2D eigenvalue weighted by Gasteiger charge is 2.67. The van der Waals surface area contributed by atoms with E-state index < -0.39 is 35.3 Å². The van der Waals surface area contributed by atoms with Crippen molar-refractivity contribution in [2.24, 2.45) is 11.8 Å². The van der Waals surface area contributed by atoms with Crippen LogP contribution in [0.25, 0.3) is 0 Å². The number of carboxylic acid groups (broad SMARTS) is 1. The van der Waals surface area contributed by atoms with Crippen LogP contribution in [0.5, 0.6) is 0 Å². The lowest BCUT2D eigenvalue weighted by Crippen LogP contribution is -2.39.